The SMILES string of the molecule is O=C(NOCCO)c1cnc2c(OCc3c(F)cccc3F)cccn12. The van der Waals surface area contributed by atoms with Crippen LogP contribution in [0.2, 0.25) is 0 Å². The molecule has 26 heavy (non-hydrogen) atoms. The first-order valence-electron chi connectivity index (χ1n) is 7.66. The molecular formula is C17H15F2N3O4. The number of amides is 1. The molecule has 0 saturated heterocycles. The van der Waals surface area contributed by atoms with E-state index in [1.807, 2.05) is 0 Å². The number of fused-ring (bicyclic) bond motifs is 1. The summed E-state index contributed by atoms with van der Waals surface area (Å²) in [5.41, 5.74) is 2.44. The van der Waals surface area contributed by atoms with E-state index in [1.165, 1.54) is 16.7 Å². The molecule has 0 atom stereocenters. The van der Waals surface area contributed by atoms with Gasteiger partial charge in [-0.3, -0.25) is 14.0 Å². The van der Waals surface area contributed by atoms with Crippen LogP contribution >= 0.6 is 0 Å². The van der Waals surface area contributed by atoms with Gasteiger partial charge in [0.1, 0.15) is 23.9 Å². The van der Waals surface area contributed by atoms with Crippen LogP contribution in [-0.4, -0.2) is 33.6 Å². The number of nitrogens with zero attached hydrogens (tertiary/aromatic N) is 2. The molecule has 3 aromatic rings. The van der Waals surface area contributed by atoms with Crippen LogP contribution < -0.4 is 10.2 Å². The van der Waals surface area contributed by atoms with Gasteiger partial charge in [-0.05, 0) is 24.3 Å². The van der Waals surface area contributed by atoms with E-state index >= 15 is 0 Å². The van der Waals surface area contributed by atoms with Crippen LogP contribution in [-0.2, 0) is 11.4 Å². The number of benzene rings is 1. The lowest BCUT2D eigenvalue weighted by Gasteiger charge is -2.09. The molecule has 1 aromatic carbocycles. The molecule has 136 valence electrons. The number of hydrogen-bond donors (Lipinski definition) is 2. The molecule has 0 aliphatic rings. The summed E-state index contributed by atoms with van der Waals surface area (Å²) in [6.45, 7) is -0.616. The standard InChI is InChI=1S/C17H15F2N3O4/c18-12-3-1-4-13(19)11(12)10-25-15-5-2-6-22-14(9-20-16(15)22)17(24)21-26-8-7-23/h1-6,9,23H,7-8,10H2,(H,21,24). The van der Waals surface area contributed by atoms with Gasteiger partial charge in [-0.25, -0.2) is 19.2 Å². The normalized spacial score (nSPS) is 10.9. The molecule has 0 bridgehead atoms. The second-order valence-electron chi connectivity index (χ2n) is 5.20. The van der Waals surface area contributed by atoms with Gasteiger partial charge in [0.25, 0.3) is 5.91 Å². The van der Waals surface area contributed by atoms with Crippen LogP contribution in [0.25, 0.3) is 5.65 Å². The minimum Gasteiger partial charge on any atom is -0.485 e. The highest BCUT2D eigenvalue weighted by Crippen LogP contribution is 2.22. The fourth-order valence-corrected chi connectivity index (χ4v) is 2.30. The molecule has 0 aliphatic carbocycles. The zero-order valence-corrected chi connectivity index (χ0v) is 13.5. The van der Waals surface area contributed by atoms with Gasteiger partial charge in [-0.15, -0.1) is 0 Å². The number of aromatic nitrogens is 2. The van der Waals surface area contributed by atoms with Gasteiger partial charge in [0.2, 0.25) is 0 Å². The van der Waals surface area contributed by atoms with E-state index in [0.29, 0.717) is 5.65 Å². The van der Waals surface area contributed by atoms with E-state index in [2.05, 4.69) is 10.5 Å². The van der Waals surface area contributed by atoms with Gasteiger partial charge < -0.3 is 9.84 Å². The average Bonchev–Trinajstić information content (AvgIpc) is 3.06. The molecule has 0 saturated carbocycles. The lowest BCUT2D eigenvalue weighted by atomic mass is 10.2. The van der Waals surface area contributed by atoms with Crippen LogP contribution in [0.5, 0.6) is 5.75 Å². The van der Waals surface area contributed by atoms with Crippen LogP contribution in [0.4, 0.5) is 8.78 Å². The first-order chi connectivity index (χ1) is 12.6. The highest BCUT2D eigenvalue weighted by atomic mass is 19.1. The van der Waals surface area contributed by atoms with E-state index < -0.39 is 17.5 Å². The zero-order chi connectivity index (χ0) is 18.5. The molecule has 3 rings (SSSR count). The van der Waals surface area contributed by atoms with Gasteiger partial charge >= 0.3 is 0 Å². The third-order valence-corrected chi connectivity index (χ3v) is 3.52. The van der Waals surface area contributed by atoms with Crippen LogP contribution in [0, 0.1) is 11.6 Å². The smallest absolute Gasteiger partial charge is 0.293 e. The third kappa shape index (κ3) is 3.63. The number of rotatable bonds is 7. The zero-order valence-electron chi connectivity index (χ0n) is 13.5. The second kappa shape index (κ2) is 7.89. The Bertz CT molecular complexity index is 909. The van der Waals surface area contributed by atoms with Crippen molar-refractivity contribution in [2.45, 2.75) is 6.61 Å². The number of aliphatic hydroxyl groups is 1. The monoisotopic (exact) mass is 363 g/mol. The summed E-state index contributed by atoms with van der Waals surface area (Å²) in [6, 6.07) is 6.74. The molecule has 0 aliphatic heterocycles. The number of pyridine rings is 1. The summed E-state index contributed by atoms with van der Waals surface area (Å²) < 4.78 is 34.3. The van der Waals surface area contributed by atoms with Crippen molar-refractivity contribution < 1.29 is 28.3 Å². The van der Waals surface area contributed by atoms with Crippen LogP contribution in [0.3, 0.4) is 0 Å². The fourth-order valence-electron chi connectivity index (χ4n) is 2.30. The van der Waals surface area contributed by atoms with Crippen molar-refractivity contribution in [2.75, 3.05) is 13.2 Å². The Balaban J connectivity index is 1.81. The Morgan fingerprint density at radius 3 is 2.73 bits per heavy atom. The maximum absolute atomic E-state index is 13.7. The lowest BCUT2D eigenvalue weighted by Crippen LogP contribution is -2.26. The van der Waals surface area contributed by atoms with Gasteiger partial charge in [0.05, 0.1) is 25.0 Å². The molecule has 0 fully saturated rings. The quantitative estimate of drug-likeness (QED) is 0.494. The fraction of sp³-hybridized carbons (Fsp3) is 0.176. The van der Waals surface area contributed by atoms with Crippen molar-refractivity contribution in [3.8, 4) is 5.75 Å². The highest BCUT2D eigenvalue weighted by Gasteiger charge is 2.16. The number of nitrogens with one attached hydrogen (secondary N) is 1. The van der Waals surface area contributed by atoms with Gasteiger partial charge in [0.15, 0.2) is 11.4 Å². The number of ether oxygens (including phenoxy) is 1. The summed E-state index contributed by atoms with van der Waals surface area (Å²) in [5, 5.41) is 8.65. The number of carbonyl (C=O) groups is 1. The molecule has 0 spiro atoms. The summed E-state index contributed by atoms with van der Waals surface area (Å²) in [6.07, 6.45) is 2.89. The van der Waals surface area contributed by atoms with Crippen molar-refractivity contribution >= 4 is 11.6 Å². The second-order valence-corrected chi connectivity index (χ2v) is 5.20. The number of aliphatic hydroxyl groups excluding tert-OH is 1. The summed E-state index contributed by atoms with van der Waals surface area (Å²) in [4.78, 5) is 20.9. The Labute approximate surface area is 146 Å². The summed E-state index contributed by atoms with van der Waals surface area (Å²) >= 11 is 0. The topological polar surface area (TPSA) is 85.1 Å². The van der Waals surface area contributed by atoms with E-state index in [1.54, 1.807) is 18.3 Å². The molecule has 0 radical (unpaired) electrons. The van der Waals surface area contributed by atoms with Crippen molar-refractivity contribution in [3.63, 3.8) is 0 Å². The Kier molecular flexibility index (Phi) is 5.40. The number of hydrogen-bond acceptors (Lipinski definition) is 5. The molecule has 2 N–H and O–H groups in total. The van der Waals surface area contributed by atoms with Crippen molar-refractivity contribution in [3.05, 3.63) is 65.6 Å². The van der Waals surface area contributed by atoms with Gasteiger partial charge in [0, 0.05) is 6.20 Å². The van der Waals surface area contributed by atoms with Crippen molar-refractivity contribution in [2.24, 2.45) is 0 Å². The van der Waals surface area contributed by atoms with Gasteiger partial charge in [-0.2, -0.15) is 0 Å². The van der Waals surface area contributed by atoms with Crippen LogP contribution in [0.15, 0.2) is 42.7 Å². The Morgan fingerprint density at radius 1 is 1.23 bits per heavy atom. The molecule has 9 heteroatoms. The van der Waals surface area contributed by atoms with Crippen molar-refractivity contribution in [1.82, 2.24) is 14.9 Å². The molecular weight excluding hydrogens is 348 g/mol. The minimum atomic E-state index is -0.707. The Hall–Kier alpha value is -3.04. The molecule has 1 amide bonds. The maximum atomic E-state index is 13.7. The van der Waals surface area contributed by atoms with Crippen molar-refractivity contribution in [1.29, 1.82) is 0 Å². The van der Waals surface area contributed by atoms with E-state index in [4.69, 9.17) is 14.7 Å². The number of imidazole rings is 1. The summed E-state index contributed by atoms with van der Waals surface area (Å²) in [5.74, 6) is -1.73. The third-order valence-electron chi connectivity index (χ3n) is 3.52. The predicted molar refractivity (Wildman–Crippen MR) is 86.4 cm³/mol. The lowest BCUT2D eigenvalue weighted by molar-refractivity contribution is 0.0164. The van der Waals surface area contributed by atoms with E-state index in [0.717, 1.165) is 12.1 Å². The number of halogens is 2. The molecule has 2 heterocycles. The van der Waals surface area contributed by atoms with Gasteiger partial charge in [-0.1, -0.05) is 6.07 Å². The Morgan fingerprint density at radius 2 is 2.00 bits per heavy atom. The molecule has 0 unspecified atom stereocenters. The first-order valence-corrected chi connectivity index (χ1v) is 7.66. The number of carbonyl (C=O) groups excluding carboxylic acids is 1. The summed E-state index contributed by atoms with van der Waals surface area (Å²) in [7, 11) is 0. The molecule has 2 aromatic heterocycles. The average molecular weight is 363 g/mol. The predicted octanol–water partition coefficient (Wildman–Crippen LogP) is 1.85. The maximum Gasteiger partial charge on any atom is 0.293 e. The van der Waals surface area contributed by atoms with E-state index in [9.17, 15) is 13.6 Å². The first kappa shape index (κ1) is 17.8. The van der Waals surface area contributed by atoms with Crippen LogP contribution in [0.1, 0.15) is 16.1 Å². The van der Waals surface area contributed by atoms with E-state index in [-0.39, 0.29) is 36.8 Å². The largest absolute Gasteiger partial charge is 0.485 e. The number of hydroxylamine groups is 1. The highest BCUT2D eigenvalue weighted by molar-refractivity contribution is 5.92. The molecule has 7 nitrogen and oxygen atoms in total. The minimum absolute atomic E-state index is 0.0506.